The van der Waals surface area contributed by atoms with Gasteiger partial charge in [-0.2, -0.15) is 9.97 Å². The monoisotopic (exact) mass is 275 g/mol. The number of aromatic nitrogens is 3. The van der Waals surface area contributed by atoms with Gasteiger partial charge in [-0.3, -0.25) is 0 Å². The standard InChI is InChI=1S/C13H17N5O2/c1-8(9-5-4-6-10(14)7-9)15-11-16-12(19-2)18-13(17-11)20-3/h4-8H,14H2,1-3H3,(H,15,16,17,18). The molecule has 7 heteroatoms. The lowest BCUT2D eigenvalue weighted by atomic mass is 10.1. The molecule has 0 fully saturated rings. The van der Waals surface area contributed by atoms with Crippen LogP contribution in [0.3, 0.4) is 0 Å². The maximum atomic E-state index is 5.77. The van der Waals surface area contributed by atoms with Crippen LogP contribution in [0.15, 0.2) is 24.3 Å². The minimum absolute atomic E-state index is 0.0182. The first-order valence-electron chi connectivity index (χ1n) is 6.08. The summed E-state index contributed by atoms with van der Waals surface area (Å²) in [6, 6.07) is 7.98. The molecule has 0 radical (unpaired) electrons. The number of nitrogens with two attached hydrogens (primary N) is 1. The molecule has 2 rings (SSSR count). The molecule has 1 heterocycles. The molecule has 0 bridgehead atoms. The van der Waals surface area contributed by atoms with E-state index in [1.54, 1.807) is 0 Å². The van der Waals surface area contributed by atoms with Crippen LogP contribution in [0.4, 0.5) is 11.6 Å². The van der Waals surface area contributed by atoms with Gasteiger partial charge in [-0.1, -0.05) is 12.1 Å². The molecule has 1 aromatic carbocycles. The quantitative estimate of drug-likeness (QED) is 0.801. The molecule has 0 spiro atoms. The first-order chi connectivity index (χ1) is 9.62. The molecule has 0 saturated heterocycles. The van der Waals surface area contributed by atoms with Gasteiger partial charge in [0.2, 0.25) is 5.95 Å². The predicted octanol–water partition coefficient (Wildman–Crippen LogP) is 1.64. The third-order valence-electron chi connectivity index (χ3n) is 2.72. The fraction of sp³-hybridized carbons (Fsp3) is 0.308. The third kappa shape index (κ3) is 3.25. The Bertz CT molecular complexity index is 568. The van der Waals surface area contributed by atoms with Crippen molar-refractivity contribution in [3.05, 3.63) is 29.8 Å². The summed E-state index contributed by atoms with van der Waals surface area (Å²) in [7, 11) is 2.97. The first-order valence-corrected chi connectivity index (χ1v) is 6.08. The molecule has 20 heavy (non-hydrogen) atoms. The summed E-state index contributed by atoms with van der Waals surface area (Å²) >= 11 is 0. The number of ether oxygens (including phenoxy) is 2. The van der Waals surface area contributed by atoms with E-state index < -0.39 is 0 Å². The highest BCUT2D eigenvalue weighted by molar-refractivity contribution is 5.43. The zero-order chi connectivity index (χ0) is 14.5. The summed E-state index contributed by atoms with van der Waals surface area (Å²) in [4.78, 5) is 12.2. The van der Waals surface area contributed by atoms with Crippen LogP contribution < -0.4 is 20.5 Å². The van der Waals surface area contributed by atoms with Crippen molar-refractivity contribution >= 4 is 11.6 Å². The van der Waals surface area contributed by atoms with Crippen molar-refractivity contribution in [2.45, 2.75) is 13.0 Å². The van der Waals surface area contributed by atoms with Crippen LogP contribution in [0.2, 0.25) is 0 Å². The van der Waals surface area contributed by atoms with Gasteiger partial charge in [0, 0.05) is 5.69 Å². The largest absolute Gasteiger partial charge is 0.467 e. The second-order valence-electron chi connectivity index (χ2n) is 4.17. The zero-order valence-electron chi connectivity index (χ0n) is 11.6. The molecule has 7 nitrogen and oxygen atoms in total. The van der Waals surface area contributed by atoms with Gasteiger partial charge in [0.25, 0.3) is 0 Å². The van der Waals surface area contributed by atoms with Crippen LogP contribution in [0, 0.1) is 0 Å². The van der Waals surface area contributed by atoms with Crippen molar-refractivity contribution in [1.29, 1.82) is 0 Å². The lowest BCUT2D eigenvalue weighted by Gasteiger charge is -2.15. The Morgan fingerprint density at radius 2 is 1.75 bits per heavy atom. The molecular formula is C13H17N5O2. The molecular weight excluding hydrogens is 258 g/mol. The van der Waals surface area contributed by atoms with E-state index in [-0.39, 0.29) is 18.1 Å². The number of benzene rings is 1. The Morgan fingerprint density at radius 1 is 1.10 bits per heavy atom. The van der Waals surface area contributed by atoms with E-state index in [1.807, 2.05) is 31.2 Å². The van der Waals surface area contributed by atoms with Crippen LogP contribution in [-0.4, -0.2) is 29.2 Å². The number of hydrogen-bond acceptors (Lipinski definition) is 7. The van der Waals surface area contributed by atoms with Crippen molar-refractivity contribution in [1.82, 2.24) is 15.0 Å². The molecule has 1 aromatic heterocycles. The number of hydrogen-bond donors (Lipinski definition) is 2. The molecule has 0 aliphatic carbocycles. The zero-order valence-corrected chi connectivity index (χ0v) is 11.6. The van der Waals surface area contributed by atoms with Gasteiger partial charge in [-0.25, -0.2) is 0 Å². The Hall–Kier alpha value is -2.57. The van der Waals surface area contributed by atoms with Gasteiger partial charge >= 0.3 is 12.0 Å². The van der Waals surface area contributed by atoms with Gasteiger partial charge in [-0.05, 0) is 24.6 Å². The maximum absolute atomic E-state index is 5.77. The molecule has 0 aliphatic rings. The number of methoxy groups -OCH3 is 2. The van der Waals surface area contributed by atoms with E-state index in [4.69, 9.17) is 15.2 Å². The maximum Gasteiger partial charge on any atom is 0.324 e. The lowest BCUT2D eigenvalue weighted by Crippen LogP contribution is -2.11. The predicted molar refractivity (Wildman–Crippen MR) is 75.8 cm³/mol. The van der Waals surface area contributed by atoms with Crippen LogP contribution in [0.5, 0.6) is 12.0 Å². The summed E-state index contributed by atoms with van der Waals surface area (Å²) in [5.41, 5.74) is 7.51. The number of nitrogen functional groups attached to an aromatic ring is 1. The minimum atomic E-state index is -0.0182. The molecule has 1 atom stereocenters. The smallest absolute Gasteiger partial charge is 0.324 e. The third-order valence-corrected chi connectivity index (χ3v) is 2.72. The van der Waals surface area contributed by atoms with Crippen molar-refractivity contribution in [3.63, 3.8) is 0 Å². The van der Waals surface area contributed by atoms with Crippen molar-refractivity contribution in [2.24, 2.45) is 0 Å². The molecule has 3 N–H and O–H groups in total. The first kappa shape index (κ1) is 13.9. The summed E-state index contributed by atoms with van der Waals surface area (Å²) in [5.74, 6) is 0.378. The SMILES string of the molecule is COc1nc(NC(C)c2cccc(N)c2)nc(OC)n1. The molecule has 106 valence electrons. The van der Waals surface area contributed by atoms with E-state index in [1.165, 1.54) is 14.2 Å². The Morgan fingerprint density at radius 3 is 2.30 bits per heavy atom. The Labute approximate surface area is 117 Å². The van der Waals surface area contributed by atoms with Gasteiger partial charge in [0.15, 0.2) is 0 Å². The highest BCUT2D eigenvalue weighted by atomic mass is 16.5. The number of nitrogens with one attached hydrogen (secondary N) is 1. The average Bonchev–Trinajstić information content (AvgIpc) is 2.46. The van der Waals surface area contributed by atoms with Crippen LogP contribution >= 0.6 is 0 Å². The van der Waals surface area contributed by atoms with Crippen LogP contribution in [0.25, 0.3) is 0 Å². The van der Waals surface area contributed by atoms with Crippen molar-refractivity contribution in [2.75, 3.05) is 25.3 Å². The topological polar surface area (TPSA) is 95.2 Å². The average molecular weight is 275 g/mol. The van der Waals surface area contributed by atoms with Crippen LogP contribution in [0.1, 0.15) is 18.5 Å². The van der Waals surface area contributed by atoms with Crippen LogP contribution in [-0.2, 0) is 0 Å². The molecule has 0 amide bonds. The summed E-state index contributed by atoms with van der Waals surface area (Å²) < 4.78 is 10.0. The normalized spacial score (nSPS) is 11.8. The summed E-state index contributed by atoms with van der Waals surface area (Å²) in [5, 5.41) is 3.16. The summed E-state index contributed by atoms with van der Waals surface area (Å²) in [6.45, 7) is 1.98. The Kier molecular flexibility index (Phi) is 4.19. The van der Waals surface area contributed by atoms with E-state index in [0.717, 1.165) is 5.56 Å². The second kappa shape index (κ2) is 6.05. The molecule has 2 aromatic rings. The molecule has 1 unspecified atom stereocenters. The van der Waals surface area contributed by atoms with E-state index in [9.17, 15) is 0 Å². The van der Waals surface area contributed by atoms with E-state index >= 15 is 0 Å². The van der Waals surface area contributed by atoms with Crippen molar-refractivity contribution < 1.29 is 9.47 Å². The molecule has 0 aliphatic heterocycles. The number of anilines is 2. The Balaban J connectivity index is 2.20. The van der Waals surface area contributed by atoms with Gasteiger partial charge < -0.3 is 20.5 Å². The number of nitrogens with zero attached hydrogens (tertiary/aromatic N) is 3. The number of rotatable bonds is 5. The highest BCUT2D eigenvalue weighted by Crippen LogP contribution is 2.20. The molecule has 0 saturated carbocycles. The van der Waals surface area contributed by atoms with Gasteiger partial charge in [-0.15, -0.1) is 4.98 Å². The van der Waals surface area contributed by atoms with E-state index in [0.29, 0.717) is 11.6 Å². The van der Waals surface area contributed by atoms with Gasteiger partial charge in [0.1, 0.15) is 0 Å². The van der Waals surface area contributed by atoms with Crippen molar-refractivity contribution in [3.8, 4) is 12.0 Å². The summed E-state index contributed by atoms with van der Waals surface area (Å²) in [6.07, 6.45) is 0. The second-order valence-corrected chi connectivity index (χ2v) is 4.17. The van der Waals surface area contributed by atoms with E-state index in [2.05, 4.69) is 20.3 Å². The minimum Gasteiger partial charge on any atom is -0.467 e. The fourth-order valence-electron chi connectivity index (χ4n) is 1.69. The van der Waals surface area contributed by atoms with Gasteiger partial charge in [0.05, 0.1) is 20.3 Å². The fourth-order valence-corrected chi connectivity index (χ4v) is 1.69. The highest BCUT2D eigenvalue weighted by Gasteiger charge is 2.11. The lowest BCUT2D eigenvalue weighted by molar-refractivity contribution is 0.341.